The van der Waals surface area contributed by atoms with Gasteiger partial charge >= 0.3 is 43.9 Å². The molecule has 0 aliphatic rings. The maximum Gasteiger partial charge on any atom is 0.394 e. The van der Waals surface area contributed by atoms with Gasteiger partial charge in [0.05, 0.1) is 0 Å². The van der Waals surface area contributed by atoms with Gasteiger partial charge in [-0.05, 0) is 0 Å². The van der Waals surface area contributed by atoms with Crippen molar-refractivity contribution in [1.29, 1.82) is 0 Å². The third-order valence-corrected chi connectivity index (χ3v) is 0. The predicted molar refractivity (Wildman–Crippen MR) is 67.2 cm³/mol. The van der Waals surface area contributed by atoms with Crippen LogP contribution in [-0.2, 0) is 20.8 Å². The molecule has 0 aromatic carbocycles. The Morgan fingerprint density at radius 1 is 0.474 bits per heavy atom. The quantitative estimate of drug-likeness (QED) is 0.200. The molecule has 19 heavy (non-hydrogen) atoms. The minimum absolute atomic E-state index is 0. The summed E-state index contributed by atoms with van der Waals surface area (Å²) in [6, 6.07) is 0. The Balaban J connectivity index is -0.00000000508. The van der Waals surface area contributed by atoms with E-state index in [0.29, 0.717) is 0 Å². The molecule has 0 atom stereocenters. The molecular weight excluding hydrogens is 342 g/mol. The topological polar surface area (TPSA) is 405 Å². The van der Waals surface area contributed by atoms with E-state index >= 15 is 0 Å². The molecule has 0 saturated carbocycles. The lowest BCUT2D eigenvalue weighted by molar-refractivity contribution is 0.378. The number of hydrogen-bond donors (Lipinski definition) is 5. The molecule has 19 heteroatoms. The van der Waals surface area contributed by atoms with Gasteiger partial charge in [-0.25, -0.2) is 0 Å². The molecule has 0 heterocycles. The summed E-state index contributed by atoms with van der Waals surface area (Å²) in [6.07, 6.45) is 0. The third kappa shape index (κ3) is 137000. The highest BCUT2D eigenvalue weighted by Crippen LogP contribution is 1.59. The van der Waals surface area contributed by atoms with Crippen LogP contribution in [0.25, 0.3) is 0 Å². The van der Waals surface area contributed by atoms with Crippen LogP contribution >= 0.6 is 0 Å². The second-order valence-electron chi connectivity index (χ2n) is 0.896. The lowest BCUT2D eigenvalue weighted by Gasteiger charge is -1.68. The number of hydrogen-bond acceptors (Lipinski definition) is 5. The first-order valence-electron chi connectivity index (χ1n) is 1.40. The van der Waals surface area contributed by atoms with Gasteiger partial charge < -0.3 is 44.5 Å². The van der Waals surface area contributed by atoms with Gasteiger partial charge in [0.1, 0.15) is 0 Å². The summed E-state index contributed by atoms with van der Waals surface area (Å²) in [5.74, 6) is 0. The molecule has 0 unspecified atom stereocenters. The smallest absolute Gasteiger partial charge is 0.394 e. The highest BCUT2D eigenvalue weighted by atomic mass is 32.3. The van der Waals surface area contributed by atoms with Crippen molar-refractivity contribution in [2.45, 2.75) is 0 Å². The maximum atomic E-state index is 8.74. The predicted octanol–water partition coefficient (Wildman–Crippen LogP) is -7.83. The minimum Gasteiger partial charge on any atom is -0.412 e. The van der Waals surface area contributed by atoms with Crippen molar-refractivity contribution in [2.24, 2.45) is 0 Å². The summed E-state index contributed by atoms with van der Waals surface area (Å²) in [5.41, 5.74) is 0. The molecule has 0 saturated heterocycles. The second kappa shape index (κ2) is 36.2. The van der Waals surface area contributed by atoms with E-state index in [1.807, 2.05) is 0 Å². The first kappa shape index (κ1) is 94.7. The Morgan fingerprint density at radius 2 is 0.474 bits per heavy atom. The first-order valence-corrected chi connectivity index (χ1v) is 4.19. The highest BCUT2D eigenvalue weighted by Gasteiger charge is 1.85. The first-order chi connectivity index (χ1) is 4.00. The van der Waals surface area contributed by atoms with E-state index < -0.39 is 20.8 Å². The molecule has 16 nitrogen and oxygen atoms in total. The summed E-state index contributed by atoms with van der Waals surface area (Å²) < 4.78 is 63.2. The summed E-state index contributed by atoms with van der Waals surface area (Å²) in [5, 5.41) is 0. The van der Waals surface area contributed by atoms with Gasteiger partial charge in [0.25, 0.3) is 0 Å². The Morgan fingerprint density at radius 3 is 0.474 bits per heavy atom. The number of rotatable bonds is 0. The highest BCUT2D eigenvalue weighted by molar-refractivity contribution is 7.80. The zero-order valence-corrected chi connectivity index (χ0v) is 10.1. The molecule has 0 aromatic rings. The normalized spacial score (nSPS) is 6.11. The Hall–Kier alpha value is 0.186. The summed E-state index contributed by atoms with van der Waals surface area (Å²) in [4.78, 5) is 0. The van der Waals surface area contributed by atoms with E-state index in [-0.39, 0.29) is 67.5 Å². The molecule has 132 valence electrons. The van der Waals surface area contributed by atoms with Crippen molar-refractivity contribution in [1.82, 2.24) is 6.15 Å². The van der Waals surface area contributed by atoms with Gasteiger partial charge in [-0.3, -0.25) is 18.2 Å². The largest absolute Gasteiger partial charge is 0.412 e. The van der Waals surface area contributed by atoms with Crippen LogP contribution in [0, 0.1) is 0 Å². The molecule has 0 rings (SSSR count). The molecular formula is H23MgNO15S2. The monoisotopic (exact) mass is 365 g/mol. The lowest BCUT2D eigenvalue weighted by atomic mass is 14.0. The van der Waals surface area contributed by atoms with Gasteiger partial charge in [0, 0.05) is 0 Å². The lowest BCUT2D eigenvalue weighted by Crippen LogP contribution is -1.89. The molecule has 0 aliphatic heterocycles. The van der Waals surface area contributed by atoms with Crippen molar-refractivity contribution in [3.8, 4) is 0 Å². The zero-order valence-electron chi connectivity index (χ0n) is 8.45. The second-order valence-corrected chi connectivity index (χ2v) is 2.69. The SMILES string of the molecule is N.O.O.O.O.O.O.O.O=S(=O)(O)O.O=S(=O)(O)O.[MgH2]. The van der Waals surface area contributed by atoms with Crippen LogP contribution < -0.4 is 6.15 Å². The molecule has 0 aromatic heterocycles. The van der Waals surface area contributed by atoms with Crippen molar-refractivity contribution in [2.75, 3.05) is 0 Å². The van der Waals surface area contributed by atoms with Crippen molar-refractivity contribution >= 4 is 43.9 Å². The van der Waals surface area contributed by atoms with Gasteiger partial charge in [-0.1, -0.05) is 0 Å². The third-order valence-electron chi connectivity index (χ3n) is 0. The van der Waals surface area contributed by atoms with Crippen LogP contribution in [0.1, 0.15) is 0 Å². The van der Waals surface area contributed by atoms with Gasteiger partial charge in [-0.2, -0.15) is 16.8 Å². The van der Waals surface area contributed by atoms with Crippen LogP contribution in [-0.4, -0.2) is 96.4 Å². The summed E-state index contributed by atoms with van der Waals surface area (Å²) >= 11 is 0. The van der Waals surface area contributed by atoms with E-state index in [1.165, 1.54) is 0 Å². The van der Waals surface area contributed by atoms with Gasteiger partial charge in [0.15, 0.2) is 0 Å². The van der Waals surface area contributed by atoms with Crippen LogP contribution in [0.3, 0.4) is 0 Å². The fourth-order valence-corrected chi connectivity index (χ4v) is 0. The van der Waals surface area contributed by atoms with E-state index in [4.69, 9.17) is 35.0 Å². The fourth-order valence-electron chi connectivity index (χ4n) is 0. The Labute approximate surface area is 123 Å². The maximum absolute atomic E-state index is 8.74. The standard InChI is InChI=1S/Mg.H3N.2H2O4S.7H2O.2H/c;;2*1-5(2,3)4;;;;;;;;;/h;1H3;2*(H2,1,2,3,4);7*1H2;;. The van der Waals surface area contributed by atoms with Gasteiger partial charge in [-0.15, -0.1) is 0 Å². The van der Waals surface area contributed by atoms with Crippen LogP contribution in [0.4, 0.5) is 0 Å². The van der Waals surface area contributed by atoms with Crippen LogP contribution in [0.15, 0.2) is 0 Å². The minimum atomic E-state index is -4.67. The van der Waals surface area contributed by atoms with E-state index in [2.05, 4.69) is 0 Å². The average molecular weight is 366 g/mol. The van der Waals surface area contributed by atoms with Crippen molar-refractivity contribution < 1.29 is 73.4 Å². The van der Waals surface area contributed by atoms with Crippen molar-refractivity contribution in [3.63, 3.8) is 0 Å². The van der Waals surface area contributed by atoms with E-state index in [0.717, 1.165) is 0 Å². The molecule has 0 aliphatic carbocycles. The van der Waals surface area contributed by atoms with Crippen molar-refractivity contribution in [3.05, 3.63) is 0 Å². The van der Waals surface area contributed by atoms with E-state index in [9.17, 15) is 0 Å². The molecule has 0 spiro atoms. The average Bonchev–Trinajstić information content (AvgIpc) is 1.12. The Bertz CT molecular complexity index is 217. The van der Waals surface area contributed by atoms with Gasteiger partial charge in [0.2, 0.25) is 0 Å². The zero-order chi connectivity index (χ0) is 9.00. The molecule has 0 radical (unpaired) electrons. The fraction of sp³-hybridized carbons (Fsp3) is 0. The molecule has 0 fully saturated rings. The molecule has 0 amide bonds. The summed E-state index contributed by atoms with van der Waals surface area (Å²) in [6.45, 7) is 0. The molecule has 0 bridgehead atoms. The summed E-state index contributed by atoms with van der Waals surface area (Å²) in [7, 11) is -9.33. The Kier molecular flexibility index (Phi) is 180. The molecule has 21 N–H and O–H groups in total. The van der Waals surface area contributed by atoms with Crippen LogP contribution in [0.2, 0.25) is 0 Å². The van der Waals surface area contributed by atoms with Crippen LogP contribution in [0.5, 0.6) is 0 Å². The van der Waals surface area contributed by atoms with E-state index in [1.54, 1.807) is 0 Å².